The predicted molar refractivity (Wildman–Crippen MR) is 151 cm³/mol. The Hall–Kier alpha value is -3.04. The molecule has 1 saturated heterocycles. The van der Waals surface area contributed by atoms with E-state index < -0.39 is 28.5 Å². The number of hydrogen-bond donors (Lipinski definition) is 1. The van der Waals surface area contributed by atoms with E-state index in [1.54, 1.807) is 30.8 Å². The molecule has 0 spiro atoms. The van der Waals surface area contributed by atoms with Crippen LogP contribution in [0.25, 0.3) is 11.2 Å². The number of hydrogen-bond acceptors (Lipinski definition) is 10. The Morgan fingerprint density at radius 3 is 2.23 bits per heavy atom. The zero-order valence-corrected chi connectivity index (χ0v) is 24.5. The lowest BCUT2D eigenvalue weighted by Gasteiger charge is -2.35. The molecule has 1 aliphatic heterocycles. The third kappa shape index (κ3) is 6.31. The quantitative estimate of drug-likeness (QED) is 0.283. The molecule has 0 saturated carbocycles. The molecule has 3 heterocycles. The molecular formula is C26H38N6O7S. The first-order valence-corrected chi connectivity index (χ1v) is 14.4. The molecule has 1 fully saturated rings. The molecule has 1 N–H and O–H groups in total. The minimum absolute atomic E-state index is 0.0837. The molecule has 2 atom stereocenters. The number of rotatable bonds is 12. The molecule has 3 aromatic rings. The first kappa shape index (κ1) is 29.9. The third-order valence-corrected chi connectivity index (χ3v) is 8.65. The van der Waals surface area contributed by atoms with Crippen molar-refractivity contribution in [3.05, 3.63) is 39.3 Å². The molecule has 14 heteroatoms. The van der Waals surface area contributed by atoms with Gasteiger partial charge in [-0.05, 0) is 11.2 Å². The summed E-state index contributed by atoms with van der Waals surface area (Å²) in [6.45, 7) is 4.21. The van der Waals surface area contributed by atoms with Gasteiger partial charge in [0, 0.05) is 71.9 Å². The van der Waals surface area contributed by atoms with E-state index in [0.29, 0.717) is 45.6 Å². The monoisotopic (exact) mass is 578 g/mol. The van der Waals surface area contributed by atoms with E-state index in [4.69, 9.17) is 14.2 Å². The summed E-state index contributed by atoms with van der Waals surface area (Å²) in [5.41, 5.74) is -0.296. The summed E-state index contributed by atoms with van der Waals surface area (Å²) in [6, 6.07) is 3.44. The lowest BCUT2D eigenvalue weighted by atomic mass is 10.2. The number of aryl methyl sites for hydroxylation is 2. The van der Waals surface area contributed by atoms with Crippen molar-refractivity contribution in [1.82, 2.24) is 28.5 Å². The Bertz CT molecular complexity index is 1400. The summed E-state index contributed by atoms with van der Waals surface area (Å²) in [5, 5.41) is 10.7. The van der Waals surface area contributed by atoms with Crippen molar-refractivity contribution in [3.8, 4) is 17.2 Å². The van der Waals surface area contributed by atoms with Gasteiger partial charge in [-0.25, -0.2) is 9.78 Å². The van der Waals surface area contributed by atoms with Gasteiger partial charge >= 0.3 is 5.69 Å². The van der Waals surface area contributed by atoms with Crippen LogP contribution in [-0.4, -0.2) is 111 Å². The number of ether oxygens (including phenoxy) is 3. The van der Waals surface area contributed by atoms with Crippen LogP contribution in [-0.2, 0) is 31.8 Å². The normalized spacial score (nSPS) is 16.3. The molecule has 4 rings (SSSR count). The van der Waals surface area contributed by atoms with E-state index in [1.165, 1.54) is 32.2 Å². The second kappa shape index (κ2) is 13.1. The van der Waals surface area contributed by atoms with E-state index in [0.717, 1.165) is 43.7 Å². The Morgan fingerprint density at radius 2 is 1.62 bits per heavy atom. The minimum atomic E-state index is -1.22. The topological polar surface area (TPSA) is 139 Å². The van der Waals surface area contributed by atoms with Crippen molar-refractivity contribution in [2.24, 2.45) is 14.1 Å². The van der Waals surface area contributed by atoms with Crippen LogP contribution in [0, 0.1) is 0 Å². The van der Waals surface area contributed by atoms with Crippen molar-refractivity contribution in [2.75, 3.05) is 66.4 Å². The summed E-state index contributed by atoms with van der Waals surface area (Å²) >= 11 is -1.22. The highest BCUT2D eigenvalue weighted by molar-refractivity contribution is 7.91. The zero-order valence-electron chi connectivity index (χ0n) is 23.7. The molecule has 0 radical (unpaired) electrons. The standard InChI is InChI=1S/C26H38N6O7S/c1-28-17-27-24-22(28)25(34)32(26(35)29(24)2)16-18(33)15-31-10-8-30(9-11-31)7-6-12-40(36)19-13-20(37-3)23(39-5)21(14-19)38-4/h13-14,17-18,33H,6-12,15-16H2,1-5H3. The average molecular weight is 579 g/mol. The second-order valence-electron chi connectivity index (χ2n) is 9.85. The molecule has 0 aliphatic carbocycles. The molecule has 13 nitrogen and oxygen atoms in total. The van der Waals surface area contributed by atoms with Gasteiger partial charge in [-0.15, -0.1) is 0 Å². The molecule has 0 bridgehead atoms. The van der Waals surface area contributed by atoms with E-state index >= 15 is 0 Å². The maximum atomic E-state index is 12.9. The van der Waals surface area contributed by atoms with Gasteiger partial charge in [0.1, 0.15) is 5.75 Å². The van der Waals surface area contributed by atoms with Crippen LogP contribution in [0.5, 0.6) is 17.2 Å². The molecule has 1 aliphatic rings. The number of aliphatic hydroxyl groups excluding tert-OH is 1. The first-order chi connectivity index (χ1) is 19.2. The zero-order chi connectivity index (χ0) is 29.0. The number of nitrogens with zero attached hydrogens (tertiary/aromatic N) is 6. The molecule has 2 aromatic heterocycles. The Kier molecular flexibility index (Phi) is 9.79. The number of imidazole rings is 1. The van der Waals surface area contributed by atoms with Crippen molar-refractivity contribution in [3.63, 3.8) is 0 Å². The van der Waals surface area contributed by atoms with E-state index in [-0.39, 0.29) is 6.54 Å². The minimum Gasteiger partial charge on any atom is -0.611 e. The fourth-order valence-corrected chi connectivity index (χ4v) is 6.15. The summed E-state index contributed by atoms with van der Waals surface area (Å²) in [6.07, 6.45) is 1.38. The average Bonchev–Trinajstić information content (AvgIpc) is 3.35. The number of fused-ring (bicyclic) bond motifs is 1. The van der Waals surface area contributed by atoms with E-state index in [2.05, 4.69) is 14.8 Å². The van der Waals surface area contributed by atoms with Gasteiger partial charge in [-0.2, -0.15) is 0 Å². The van der Waals surface area contributed by atoms with E-state index in [9.17, 15) is 19.2 Å². The molecule has 1 aromatic carbocycles. The highest BCUT2D eigenvalue weighted by atomic mass is 32.2. The van der Waals surface area contributed by atoms with Gasteiger partial charge in [0.2, 0.25) is 5.75 Å². The molecular weight excluding hydrogens is 540 g/mol. The first-order valence-electron chi connectivity index (χ1n) is 13.1. The number of aliphatic hydroxyl groups is 1. The SMILES string of the molecule is COc1cc([S+]([O-])CCCN2CCN(CC(O)Cn3c(=O)c4c(ncn4C)n(C)c3=O)CC2)cc(OC)c1OC. The van der Waals surface area contributed by atoms with Gasteiger partial charge in [0.05, 0.1) is 40.3 Å². The van der Waals surface area contributed by atoms with Gasteiger partial charge in [-0.1, -0.05) is 0 Å². The van der Waals surface area contributed by atoms with Crippen LogP contribution in [0.2, 0.25) is 0 Å². The maximum Gasteiger partial charge on any atom is 0.332 e. The predicted octanol–water partition coefficient (Wildman–Crippen LogP) is -0.364. The van der Waals surface area contributed by atoms with Gasteiger partial charge in [0.15, 0.2) is 27.6 Å². The maximum absolute atomic E-state index is 12.9. The summed E-state index contributed by atoms with van der Waals surface area (Å²) in [4.78, 5) is 34.8. The molecule has 220 valence electrons. The summed E-state index contributed by atoms with van der Waals surface area (Å²) < 4.78 is 33.0. The second-order valence-corrected chi connectivity index (χ2v) is 11.4. The van der Waals surface area contributed by atoms with Crippen LogP contribution >= 0.6 is 0 Å². The highest BCUT2D eigenvalue weighted by Crippen LogP contribution is 2.39. The Labute approximate surface area is 235 Å². The van der Waals surface area contributed by atoms with Gasteiger partial charge in [-0.3, -0.25) is 18.8 Å². The fourth-order valence-electron chi connectivity index (χ4n) is 5.04. The molecule has 40 heavy (non-hydrogen) atoms. The number of aromatic nitrogens is 4. The van der Waals surface area contributed by atoms with Crippen molar-refractivity contribution in [2.45, 2.75) is 24.0 Å². The van der Waals surface area contributed by atoms with Crippen molar-refractivity contribution < 1.29 is 23.9 Å². The van der Waals surface area contributed by atoms with Crippen LogP contribution in [0.15, 0.2) is 32.9 Å². The van der Waals surface area contributed by atoms with Gasteiger partial charge in [0.25, 0.3) is 5.56 Å². The number of β-amino-alcohol motifs (C(OH)–C–C–N with tert-alkyl or cyclic N) is 1. The Morgan fingerprint density at radius 1 is 1.00 bits per heavy atom. The number of benzene rings is 1. The summed E-state index contributed by atoms with van der Waals surface area (Å²) in [7, 11) is 7.87. The van der Waals surface area contributed by atoms with Crippen molar-refractivity contribution >= 4 is 22.3 Å². The smallest absolute Gasteiger partial charge is 0.332 e. The third-order valence-electron chi connectivity index (χ3n) is 7.23. The Balaban J connectivity index is 1.25. The van der Waals surface area contributed by atoms with Crippen LogP contribution in [0.3, 0.4) is 0 Å². The van der Waals surface area contributed by atoms with Crippen LogP contribution in [0.1, 0.15) is 6.42 Å². The lowest BCUT2D eigenvalue weighted by Crippen LogP contribution is -2.50. The molecule has 2 unspecified atom stereocenters. The van der Waals surface area contributed by atoms with E-state index in [1.807, 2.05) is 0 Å². The van der Waals surface area contributed by atoms with Crippen LogP contribution < -0.4 is 25.5 Å². The number of methoxy groups -OCH3 is 3. The van der Waals surface area contributed by atoms with Crippen LogP contribution in [0.4, 0.5) is 0 Å². The largest absolute Gasteiger partial charge is 0.611 e. The fraction of sp³-hybridized carbons (Fsp3) is 0.577. The highest BCUT2D eigenvalue weighted by Gasteiger charge is 2.23. The lowest BCUT2D eigenvalue weighted by molar-refractivity contribution is 0.0632. The van der Waals surface area contributed by atoms with Crippen molar-refractivity contribution in [1.29, 1.82) is 0 Å². The van der Waals surface area contributed by atoms with Gasteiger partial charge < -0.3 is 33.3 Å². The molecule has 0 amide bonds. The summed E-state index contributed by atoms with van der Waals surface area (Å²) in [5.74, 6) is 1.93. The number of piperazine rings is 1.